The fourth-order valence-electron chi connectivity index (χ4n) is 1.81. The highest BCUT2D eigenvalue weighted by Gasteiger charge is 1.93. The van der Waals surface area contributed by atoms with Gasteiger partial charge < -0.3 is 0 Å². The van der Waals surface area contributed by atoms with Gasteiger partial charge in [0, 0.05) is 0 Å². The van der Waals surface area contributed by atoms with Crippen LogP contribution in [0.15, 0.2) is 30.3 Å². The maximum Gasteiger partial charge on any atom is -0.0279 e. The average molecular weight is 201 g/mol. The van der Waals surface area contributed by atoms with Crippen LogP contribution < -0.4 is 0 Å². The van der Waals surface area contributed by atoms with Crippen molar-refractivity contribution in [2.75, 3.05) is 0 Å². The first-order chi connectivity index (χ1) is 7.33. The van der Waals surface area contributed by atoms with Gasteiger partial charge in [0.1, 0.15) is 0 Å². The molecule has 0 aromatic heterocycles. The normalized spacial score (nSPS) is 10.2. The molecule has 1 rings (SSSR count). The molecular formula is C15H21. The zero-order chi connectivity index (χ0) is 10.9. The Morgan fingerprint density at radius 1 is 1.13 bits per heavy atom. The summed E-state index contributed by atoms with van der Waals surface area (Å²) in [5.74, 6) is 0. The van der Waals surface area contributed by atoms with Crippen molar-refractivity contribution < 1.29 is 0 Å². The molecule has 0 heterocycles. The van der Waals surface area contributed by atoms with Gasteiger partial charge in [0.2, 0.25) is 0 Å². The Labute approximate surface area is 94.0 Å². The third-order valence-electron chi connectivity index (χ3n) is 2.67. The summed E-state index contributed by atoms with van der Waals surface area (Å²) in [6.45, 7) is 7.48. The van der Waals surface area contributed by atoms with E-state index in [-0.39, 0.29) is 0 Å². The van der Waals surface area contributed by atoms with Crippen LogP contribution in [-0.2, 0) is 6.42 Å². The van der Waals surface area contributed by atoms with Crippen molar-refractivity contribution in [1.29, 1.82) is 0 Å². The molecule has 0 bridgehead atoms. The minimum absolute atomic E-state index is 1.06. The molecule has 0 aliphatic rings. The third-order valence-corrected chi connectivity index (χ3v) is 2.67. The van der Waals surface area contributed by atoms with Gasteiger partial charge in [0.15, 0.2) is 0 Å². The Hall–Kier alpha value is -1.04. The fraction of sp³-hybridized carbons (Fsp3) is 0.467. The minimum atomic E-state index is 1.06. The minimum Gasteiger partial charge on any atom is -0.0845 e. The highest BCUT2D eigenvalue weighted by Crippen LogP contribution is 2.10. The highest BCUT2D eigenvalue weighted by molar-refractivity contribution is 5.22. The van der Waals surface area contributed by atoms with Gasteiger partial charge in [-0.05, 0) is 38.2 Å². The maximum absolute atomic E-state index is 5.33. The van der Waals surface area contributed by atoms with E-state index < -0.39 is 0 Å². The predicted molar refractivity (Wildman–Crippen MR) is 66.8 cm³/mol. The summed E-state index contributed by atoms with van der Waals surface area (Å²) in [6.07, 6.45) is 9.21. The molecule has 0 atom stereocenters. The van der Waals surface area contributed by atoms with Crippen LogP contribution in [0.1, 0.15) is 43.2 Å². The molecule has 0 saturated carbocycles. The second-order valence-corrected chi connectivity index (χ2v) is 4.18. The van der Waals surface area contributed by atoms with Gasteiger partial charge in [-0.1, -0.05) is 55.3 Å². The summed E-state index contributed by atoms with van der Waals surface area (Å²) in [7, 11) is 0. The monoisotopic (exact) mass is 201 g/mol. The van der Waals surface area contributed by atoms with Crippen molar-refractivity contribution in [3.05, 3.63) is 48.0 Å². The van der Waals surface area contributed by atoms with Crippen molar-refractivity contribution in [1.82, 2.24) is 0 Å². The van der Waals surface area contributed by atoms with E-state index >= 15 is 0 Å². The molecule has 0 heteroatoms. The Kier molecular flexibility index (Phi) is 5.84. The van der Waals surface area contributed by atoms with Crippen LogP contribution in [0.2, 0.25) is 0 Å². The molecule has 0 nitrogen and oxygen atoms in total. The summed E-state index contributed by atoms with van der Waals surface area (Å²) in [5.41, 5.74) is 2.84. The molecule has 15 heavy (non-hydrogen) atoms. The van der Waals surface area contributed by atoms with Gasteiger partial charge in [0.25, 0.3) is 0 Å². The van der Waals surface area contributed by atoms with Gasteiger partial charge in [-0.15, -0.1) is 0 Å². The molecule has 1 aromatic carbocycles. The molecule has 0 N–H and O–H groups in total. The molecule has 1 radical (unpaired) electrons. The Morgan fingerprint density at radius 3 is 2.67 bits per heavy atom. The number of hydrogen-bond acceptors (Lipinski definition) is 0. The van der Waals surface area contributed by atoms with Crippen molar-refractivity contribution >= 4 is 0 Å². The van der Waals surface area contributed by atoms with E-state index in [1.165, 1.54) is 43.2 Å². The van der Waals surface area contributed by atoms with Gasteiger partial charge in [-0.25, -0.2) is 0 Å². The maximum atomic E-state index is 5.33. The van der Waals surface area contributed by atoms with Crippen LogP contribution in [0, 0.1) is 13.5 Å². The third kappa shape index (κ3) is 5.41. The molecule has 0 unspecified atom stereocenters. The number of aryl methyl sites for hydroxylation is 2. The Bertz CT molecular complexity index is 286. The number of allylic oxidation sites excluding steroid dienone is 1. The van der Waals surface area contributed by atoms with Gasteiger partial charge >= 0.3 is 0 Å². The molecule has 1 aromatic rings. The molecule has 0 aliphatic carbocycles. The summed E-state index contributed by atoms with van der Waals surface area (Å²) in [6, 6.07) is 8.81. The quantitative estimate of drug-likeness (QED) is 0.571. The van der Waals surface area contributed by atoms with E-state index in [0.29, 0.717) is 0 Å². The van der Waals surface area contributed by atoms with E-state index in [1.807, 2.05) is 0 Å². The molecule has 0 spiro atoms. The van der Waals surface area contributed by atoms with Crippen LogP contribution in [0.5, 0.6) is 0 Å². The topological polar surface area (TPSA) is 0 Å². The van der Waals surface area contributed by atoms with Crippen molar-refractivity contribution in [2.24, 2.45) is 0 Å². The van der Waals surface area contributed by atoms with Crippen LogP contribution in [0.4, 0.5) is 0 Å². The SMILES string of the molecule is [CH]=CCCCCCCc1cccc(C)c1. The van der Waals surface area contributed by atoms with E-state index in [1.54, 1.807) is 6.08 Å². The Balaban J connectivity index is 2.12. The molecule has 0 saturated heterocycles. The lowest BCUT2D eigenvalue weighted by molar-refractivity contribution is 0.646. The summed E-state index contributed by atoms with van der Waals surface area (Å²) in [4.78, 5) is 0. The number of rotatable bonds is 7. The van der Waals surface area contributed by atoms with Crippen molar-refractivity contribution in [2.45, 2.75) is 45.4 Å². The van der Waals surface area contributed by atoms with Crippen LogP contribution in [0.25, 0.3) is 0 Å². The van der Waals surface area contributed by atoms with E-state index in [9.17, 15) is 0 Å². The number of benzene rings is 1. The molecule has 0 aliphatic heterocycles. The lowest BCUT2D eigenvalue weighted by atomic mass is 10.0. The smallest absolute Gasteiger partial charge is 0.0279 e. The first-order valence-corrected chi connectivity index (χ1v) is 5.92. The second kappa shape index (κ2) is 7.28. The second-order valence-electron chi connectivity index (χ2n) is 4.18. The van der Waals surface area contributed by atoms with E-state index in [0.717, 1.165) is 6.42 Å². The average Bonchev–Trinajstić information content (AvgIpc) is 2.23. The van der Waals surface area contributed by atoms with Crippen molar-refractivity contribution in [3.8, 4) is 0 Å². The predicted octanol–water partition coefficient (Wildman–Crippen LogP) is 4.48. The summed E-state index contributed by atoms with van der Waals surface area (Å²) in [5, 5.41) is 0. The molecule has 0 amide bonds. The summed E-state index contributed by atoms with van der Waals surface area (Å²) < 4.78 is 0. The standard InChI is InChI=1S/C15H21/c1-3-4-5-6-7-8-11-15-12-9-10-14(2)13-15/h1,3,9-10,12-13H,4-8,11H2,2H3. The van der Waals surface area contributed by atoms with Crippen molar-refractivity contribution in [3.63, 3.8) is 0 Å². The van der Waals surface area contributed by atoms with Crippen LogP contribution in [-0.4, -0.2) is 0 Å². The fourth-order valence-corrected chi connectivity index (χ4v) is 1.81. The molecule has 0 fully saturated rings. The molecule has 81 valence electrons. The highest BCUT2D eigenvalue weighted by atomic mass is 14.0. The largest absolute Gasteiger partial charge is 0.0845 e. The van der Waals surface area contributed by atoms with Gasteiger partial charge in [-0.2, -0.15) is 0 Å². The van der Waals surface area contributed by atoms with Crippen LogP contribution >= 0.6 is 0 Å². The Morgan fingerprint density at radius 2 is 1.93 bits per heavy atom. The van der Waals surface area contributed by atoms with Gasteiger partial charge in [0.05, 0.1) is 0 Å². The summed E-state index contributed by atoms with van der Waals surface area (Å²) >= 11 is 0. The molecular weight excluding hydrogens is 180 g/mol. The number of unbranched alkanes of at least 4 members (excludes halogenated alkanes) is 4. The zero-order valence-corrected chi connectivity index (χ0v) is 9.71. The lowest BCUT2D eigenvalue weighted by Crippen LogP contribution is -1.86. The van der Waals surface area contributed by atoms with E-state index in [4.69, 9.17) is 6.58 Å². The first-order valence-electron chi connectivity index (χ1n) is 5.92. The number of hydrogen-bond donors (Lipinski definition) is 0. The zero-order valence-electron chi connectivity index (χ0n) is 9.71. The first kappa shape index (κ1) is 12.0. The lowest BCUT2D eigenvalue weighted by Gasteiger charge is -2.02. The van der Waals surface area contributed by atoms with Crippen LogP contribution in [0.3, 0.4) is 0 Å². The van der Waals surface area contributed by atoms with Gasteiger partial charge in [-0.3, -0.25) is 0 Å². The van der Waals surface area contributed by atoms with E-state index in [2.05, 4.69) is 31.2 Å².